The van der Waals surface area contributed by atoms with Crippen LogP contribution in [0.4, 0.5) is 15.8 Å². The maximum Gasteiger partial charge on any atom is 0.226 e. The van der Waals surface area contributed by atoms with Crippen molar-refractivity contribution >= 4 is 34.8 Å². The summed E-state index contributed by atoms with van der Waals surface area (Å²) < 4.78 is 13.3. The molecule has 6 heteroatoms. The van der Waals surface area contributed by atoms with Gasteiger partial charge in [0, 0.05) is 36.3 Å². The van der Waals surface area contributed by atoms with Crippen LogP contribution in [0.1, 0.15) is 18.9 Å². The summed E-state index contributed by atoms with van der Waals surface area (Å²) in [7, 11) is 0. The van der Waals surface area contributed by atoms with Crippen LogP contribution < -0.4 is 10.2 Å². The molecule has 2 aromatic carbocycles. The SMILES string of the molecule is CC(=O)N(CCC(=O)Nc1cccc(Cl)c1C)c1cccc(F)c1. The number of carbonyl (C=O) groups is 2. The summed E-state index contributed by atoms with van der Waals surface area (Å²) in [5, 5.41) is 3.34. The molecule has 0 spiro atoms. The molecular weight excluding hydrogens is 331 g/mol. The Bertz CT molecular complexity index is 764. The second-order valence-corrected chi connectivity index (χ2v) is 5.77. The monoisotopic (exact) mass is 348 g/mol. The Morgan fingerprint density at radius 1 is 1.21 bits per heavy atom. The van der Waals surface area contributed by atoms with Crippen LogP contribution in [-0.4, -0.2) is 18.4 Å². The molecule has 2 aromatic rings. The minimum atomic E-state index is -0.433. The summed E-state index contributed by atoms with van der Waals surface area (Å²) in [5.41, 5.74) is 1.84. The van der Waals surface area contributed by atoms with Gasteiger partial charge in [-0.15, -0.1) is 0 Å². The highest BCUT2D eigenvalue weighted by atomic mass is 35.5. The standard InChI is InChI=1S/C18H18ClFN2O2/c1-12-16(19)7-4-8-17(12)21-18(24)9-10-22(13(2)23)15-6-3-5-14(20)11-15/h3-8,11H,9-10H2,1-2H3,(H,21,24). The second-order valence-electron chi connectivity index (χ2n) is 5.36. The first-order chi connectivity index (χ1) is 11.4. The van der Waals surface area contributed by atoms with Crippen molar-refractivity contribution in [2.75, 3.05) is 16.8 Å². The molecule has 4 nitrogen and oxygen atoms in total. The molecule has 0 aliphatic heterocycles. The van der Waals surface area contributed by atoms with Crippen LogP contribution in [0.5, 0.6) is 0 Å². The van der Waals surface area contributed by atoms with E-state index in [0.29, 0.717) is 16.4 Å². The second kappa shape index (κ2) is 7.93. The highest BCUT2D eigenvalue weighted by Gasteiger charge is 2.14. The molecule has 0 atom stereocenters. The highest BCUT2D eigenvalue weighted by molar-refractivity contribution is 6.31. The molecule has 0 aliphatic carbocycles. The summed E-state index contributed by atoms with van der Waals surface area (Å²) in [6.45, 7) is 3.35. The fraction of sp³-hybridized carbons (Fsp3) is 0.222. The van der Waals surface area contributed by atoms with Gasteiger partial charge in [-0.3, -0.25) is 9.59 Å². The molecule has 0 radical (unpaired) electrons. The lowest BCUT2D eigenvalue weighted by atomic mass is 10.2. The van der Waals surface area contributed by atoms with Crippen molar-refractivity contribution < 1.29 is 14.0 Å². The number of nitrogens with zero attached hydrogens (tertiary/aromatic N) is 1. The first-order valence-electron chi connectivity index (χ1n) is 7.47. The summed E-state index contributed by atoms with van der Waals surface area (Å²) in [4.78, 5) is 25.3. The van der Waals surface area contributed by atoms with Crippen LogP contribution in [0.25, 0.3) is 0 Å². The first-order valence-corrected chi connectivity index (χ1v) is 7.85. The van der Waals surface area contributed by atoms with Gasteiger partial charge >= 0.3 is 0 Å². The lowest BCUT2D eigenvalue weighted by Gasteiger charge is -2.21. The Morgan fingerprint density at radius 2 is 1.92 bits per heavy atom. The van der Waals surface area contributed by atoms with Crippen molar-refractivity contribution in [2.45, 2.75) is 20.3 Å². The smallest absolute Gasteiger partial charge is 0.226 e. The molecule has 0 heterocycles. The van der Waals surface area contributed by atoms with Crippen molar-refractivity contribution in [2.24, 2.45) is 0 Å². The van der Waals surface area contributed by atoms with Crippen molar-refractivity contribution in [3.05, 3.63) is 58.9 Å². The normalized spacial score (nSPS) is 10.3. The Hall–Kier alpha value is -2.40. The van der Waals surface area contributed by atoms with Gasteiger partial charge < -0.3 is 10.2 Å². The van der Waals surface area contributed by atoms with E-state index in [9.17, 15) is 14.0 Å². The van der Waals surface area contributed by atoms with Gasteiger partial charge in [-0.1, -0.05) is 23.7 Å². The Morgan fingerprint density at radius 3 is 2.58 bits per heavy atom. The molecule has 2 rings (SSSR count). The Kier molecular flexibility index (Phi) is 5.93. The number of hydrogen-bond donors (Lipinski definition) is 1. The quantitative estimate of drug-likeness (QED) is 0.881. The summed E-state index contributed by atoms with van der Waals surface area (Å²) in [6, 6.07) is 11.0. The summed E-state index contributed by atoms with van der Waals surface area (Å²) in [5.74, 6) is -0.937. The highest BCUT2D eigenvalue weighted by Crippen LogP contribution is 2.23. The number of hydrogen-bond acceptors (Lipinski definition) is 2. The van der Waals surface area contributed by atoms with Gasteiger partial charge in [0.1, 0.15) is 5.82 Å². The van der Waals surface area contributed by atoms with E-state index in [1.807, 2.05) is 6.92 Å². The van der Waals surface area contributed by atoms with E-state index < -0.39 is 5.82 Å². The van der Waals surface area contributed by atoms with Crippen molar-refractivity contribution in [1.82, 2.24) is 0 Å². The molecule has 1 N–H and O–H groups in total. The van der Waals surface area contributed by atoms with Gasteiger partial charge in [0.25, 0.3) is 0 Å². The number of rotatable bonds is 5. The van der Waals surface area contributed by atoms with E-state index in [0.717, 1.165) is 5.56 Å². The predicted molar refractivity (Wildman–Crippen MR) is 93.9 cm³/mol. The topological polar surface area (TPSA) is 49.4 Å². The fourth-order valence-electron chi connectivity index (χ4n) is 2.28. The van der Waals surface area contributed by atoms with Gasteiger partial charge in [-0.05, 0) is 42.8 Å². The van der Waals surface area contributed by atoms with Crippen molar-refractivity contribution in [3.8, 4) is 0 Å². The largest absolute Gasteiger partial charge is 0.326 e. The number of carbonyl (C=O) groups excluding carboxylic acids is 2. The molecular formula is C18H18ClFN2O2. The van der Waals surface area contributed by atoms with E-state index >= 15 is 0 Å². The molecule has 0 bridgehead atoms. The van der Waals surface area contributed by atoms with Crippen LogP contribution in [0.3, 0.4) is 0 Å². The van der Waals surface area contributed by atoms with Crippen molar-refractivity contribution in [1.29, 1.82) is 0 Å². The molecule has 0 saturated heterocycles. The van der Waals surface area contributed by atoms with Crippen LogP contribution in [-0.2, 0) is 9.59 Å². The number of anilines is 2. The average Bonchev–Trinajstić information content (AvgIpc) is 2.52. The number of halogens is 2. The van der Waals surface area contributed by atoms with Gasteiger partial charge in [0.2, 0.25) is 11.8 Å². The Balaban J connectivity index is 2.03. The zero-order valence-electron chi connectivity index (χ0n) is 13.5. The van der Waals surface area contributed by atoms with Crippen LogP contribution in [0.2, 0.25) is 5.02 Å². The van der Waals surface area contributed by atoms with E-state index in [2.05, 4.69) is 5.32 Å². The third kappa shape index (κ3) is 4.55. The lowest BCUT2D eigenvalue weighted by Crippen LogP contribution is -2.32. The van der Waals surface area contributed by atoms with Gasteiger partial charge in [0.05, 0.1) is 0 Å². The maximum absolute atomic E-state index is 13.3. The average molecular weight is 349 g/mol. The van der Waals surface area contributed by atoms with Gasteiger partial charge in [-0.2, -0.15) is 0 Å². The lowest BCUT2D eigenvalue weighted by molar-refractivity contribution is -0.117. The Labute approximate surface area is 145 Å². The number of benzene rings is 2. The zero-order valence-corrected chi connectivity index (χ0v) is 14.2. The van der Waals surface area contributed by atoms with Crippen LogP contribution >= 0.6 is 11.6 Å². The van der Waals surface area contributed by atoms with E-state index in [1.54, 1.807) is 24.3 Å². The van der Waals surface area contributed by atoms with Gasteiger partial charge in [0.15, 0.2) is 0 Å². The minimum absolute atomic E-state index is 0.0854. The molecule has 0 unspecified atom stereocenters. The predicted octanol–water partition coefficient (Wildman–Crippen LogP) is 4.17. The molecule has 24 heavy (non-hydrogen) atoms. The molecule has 2 amide bonds. The molecule has 0 aliphatic rings. The zero-order chi connectivity index (χ0) is 17.7. The first kappa shape index (κ1) is 17.9. The molecule has 0 aromatic heterocycles. The van der Waals surface area contributed by atoms with E-state index in [-0.39, 0.29) is 24.8 Å². The van der Waals surface area contributed by atoms with E-state index in [4.69, 9.17) is 11.6 Å². The van der Waals surface area contributed by atoms with Crippen LogP contribution in [0, 0.1) is 12.7 Å². The third-order valence-corrected chi connectivity index (χ3v) is 4.01. The van der Waals surface area contributed by atoms with Crippen LogP contribution in [0.15, 0.2) is 42.5 Å². The van der Waals surface area contributed by atoms with Gasteiger partial charge in [-0.25, -0.2) is 4.39 Å². The number of amides is 2. The molecule has 126 valence electrons. The third-order valence-electron chi connectivity index (χ3n) is 3.60. The molecule has 0 saturated carbocycles. The number of nitrogens with one attached hydrogen (secondary N) is 1. The summed E-state index contributed by atoms with van der Waals surface area (Å²) in [6.07, 6.45) is 0.0854. The maximum atomic E-state index is 13.3. The fourth-order valence-corrected chi connectivity index (χ4v) is 2.46. The molecule has 0 fully saturated rings. The summed E-state index contributed by atoms with van der Waals surface area (Å²) >= 11 is 6.02. The minimum Gasteiger partial charge on any atom is -0.326 e. The van der Waals surface area contributed by atoms with Crippen molar-refractivity contribution in [3.63, 3.8) is 0 Å². The van der Waals surface area contributed by atoms with E-state index in [1.165, 1.54) is 30.0 Å².